The first-order valence-corrected chi connectivity index (χ1v) is 12.9. The molecular formula is C24H33N3O4S. The molecule has 1 fully saturated rings. The lowest BCUT2D eigenvalue weighted by Gasteiger charge is -2.36. The molecule has 1 N–H and O–H groups in total. The molecule has 1 saturated heterocycles. The number of hydrogen-bond donors (Lipinski definition) is 1. The Bertz CT molecular complexity index is 1000. The van der Waals surface area contributed by atoms with Crippen LogP contribution in [-0.2, 0) is 10.0 Å². The van der Waals surface area contributed by atoms with Gasteiger partial charge in [0.05, 0.1) is 18.1 Å². The number of anilines is 1. The number of unbranched alkanes of at least 4 members (excludes halogenated alkanes) is 1. The van der Waals surface area contributed by atoms with E-state index < -0.39 is 10.0 Å². The molecule has 0 aromatic heterocycles. The third kappa shape index (κ3) is 5.94. The molecule has 2 aliphatic heterocycles. The fraction of sp³-hybridized carbons (Fsp3) is 0.500. The molecule has 2 heterocycles. The van der Waals surface area contributed by atoms with Gasteiger partial charge in [0.15, 0.2) is 11.5 Å². The molecule has 7 nitrogen and oxygen atoms in total. The fourth-order valence-electron chi connectivity index (χ4n) is 4.12. The van der Waals surface area contributed by atoms with Gasteiger partial charge in [-0.3, -0.25) is 4.90 Å². The van der Waals surface area contributed by atoms with Crippen molar-refractivity contribution in [2.24, 2.45) is 0 Å². The van der Waals surface area contributed by atoms with E-state index in [1.54, 1.807) is 18.2 Å². The summed E-state index contributed by atoms with van der Waals surface area (Å²) in [5, 5.41) is 0. The number of piperazine rings is 1. The highest BCUT2D eigenvalue weighted by molar-refractivity contribution is 7.89. The molecule has 0 saturated carbocycles. The van der Waals surface area contributed by atoms with Gasteiger partial charge in [0, 0.05) is 50.9 Å². The van der Waals surface area contributed by atoms with Crippen LogP contribution in [-0.4, -0.2) is 65.8 Å². The summed E-state index contributed by atoms with van der Waals surface area (Å²) < 4.78 is 39.2. The highest BCUT2D eigenvalue weighted by Gasteiger charge is 2.19. The van der Waals surface area contributed by atoms with Crippen LogP contribution < -0.4 is 19.1 Å². The van der Waals surface area contributed by atoms with Crippen molar-refractivity contribution in [2.45, 2.75) is 31.1 Å². The molecule has 2 aliphatic rings. The quantitative estimate of drug-likeness (QED) is 0.612. The maximum absolute atomic E-state index is 12.6. The third-order valence-electron chi connectivity index (χ3n) is 5.96. The van der Waals surface area contributed by atoms with Crippen molar-refractivity contribution in [3.05, 3.63) is 48.0 Å². The lowest BCUT2D eigenvalue weighted by atomic mass is 10.2. The summed E-state index contributed by atoms with van der Waals surface area (Å²) >= 11 is 0. The molecule has 0 spiro atoms. The number of ether oxygens (including phenoxy) is 2. The van der Waals surface area contributed by atoms with Crippen molar-refractivity contribution in [2.75, 3.05) is 57.4 Å². The first-order chi connectivity index (χ1) is 15.5. The van der Waals surface area contributed by atoms with E-state index in [0.717, 1.165) is 52.0 Å². The van der Waals surface area contributed by atoms with Crippen LogP contribution in [0.5, 0.6) is 11.5 Å². The van der Waals surface area contributed by atoms with Crippen molar-refractivity contribution in [3.63, 3.8) is 0 Å². The number of hydrogen-bond acceptors (Lipinski definition) is 6. The summed E-state index contributed by atoms with van der Waals surface area (Å²) in [5.74, 6) is 1.10. The summed E-state index contributed by atoms with van der Waals surface area (Å²) in [6, 6.07) is 13.5. The maximum Gasteiger partial charge on any atom is 0.240 e. The molecule has 0 atom stereocenters. The normalized spacial score (nSPS) is 17.2. The molecule has 32 heavy (non-hydrogen) atoms. The number of sulfonamides is 1. The van der Waals surface area contributed by atoms with E-state index >= 15 is 0 Å². The second-order valence-electron chi connectivity index (χ2n) is 8.43. The second kappa shape index (κ2) is 10.6. The van der Waals surface area contributed by atoms with Crippen molar-refractivity contribution >= 4 is 15.7 Å². The van der Waals surface area contributed by atoms with Gasteiger partial charge in [0.25, 0.3) is 0 Å². The predicted molar refractivity (Wildman–Crippen MR) is 126 cm³/mol. The summed E-state index contributed by atoms with van der Waals surface area (Å²) in [6.45, 7) is 8.80. The number of aryl methyl sites for hydroxylation is 1. The van der Waals surface area contributed by atoms with E-state index in [9.17, 15) is 8.42 Å². The molecule has 2 aromatic rings. The summed E-state index contributed by atoms with van der Waals surface area (Å²) in [7, 11) is -3.56. The van der Waals surface area contributed by atoms with E-state index in [0.29, 0.717) is 31.3 Å². The Morgan fingerprint density at radius 3 is 2.50 bits per heavy atom. The highest BCUT2D eigenvalue weighted by atomic mass is 32.2. The topological polar surface area (TPSA) is 71.1 Å². The van der Waals surface area contributed by atoms with Crippen LogP contribution in [0.4, 0.5) is 5.69 Å². The van der Waals surface area contributed by atoms with Gasteiger partial charge in [-0.15, -0.1) is 0 Å². The summed E-state index contributed by atoms with van der Waals surface area (Å²) in [4.78, 5) is 5.12. The number of benzene rings is 2. The van der Waals surface area contributed by atoms with Gasteiger partial charge in [-0.25, -0.2) is 13.1 Å². The van der Waals surface area contributed by atoms with Crippen molar-refractivity contribution in [1.82, 2.24) is 9.62 Å². The number of fused-ring (bicyclic) bond motifs is 1. The van der Waals surface area contributed by atoms with E-state index in [2.05, 4.69) is 45.7 Å². The van der Waals surface area contributed by atoms with Crippen LogP contribution >= 0.6 is 0 Å². The monoisotopic (exact) mass is 459 g/mol. The van der Waals surface area contributed by atoms with E-state index in [-0.39, 0.29) is 4.90 Å². The van der Waals surface area contributed by atoms with Crippen LogP contribution in [0.25, 0.3) is 0 Å². The first-order valence-electron chi connectivity index (χ1n) is 11.4. The standard InChI is InChI=1S/C24H33N3O4S/c1-20-6-4-7-21(18-20)27-14-12-26(13-15-27)11-3-2-10-25-32(28,29)22-8-9-23-24(19-22)31-17-5-16-30-23/h4,6-9,18-19,25H,2-3,5,10-17H2,1H3. The molecule has 0 radical (unpaired) electrons. The average Bonchev–Trinajstić information content (AvgIpc) is 3.04. The lowest BCUT2D eigenvalue weighted by Crippen LogP contribution is -2.46. The maximum atomic E-state index is 12.6. The zero-order valence-corrected chi connectivity index (χ0v) is 19.6. The zero-order valence-electron chi connectivity index (χ0n) is 18.8. The summed E-state index contributed by atoms with van der Waals surface area (Å²) in [6.07, 6.45) is 2.56. The van der Waals surface area contributed by atoms with Gasteiger partial charge in [0.1, 0.15) is 0 Å². The molecule has 0 amide bonds. The molecular weight excluding hydrogens is 426 g/mol. The fourth-order valence-corrected chi connectivity index (χ4v) is 5.20. The zero-order chi connectivity index (χ0) is 22.4. The Balaban J connectivity index is 1.18. The van der Waals surface area contributed by atoms with E-state index in [1.165, 1.54) is 11.3 Å². The van der Waals surface area contributed by atoms with Crippen LogP contribution in [0.1, 0.15) is 24.8 Å². The Kier molecular flexibility index (Phi) is 7.55. The number of nitrogens with zero attached hydrogens (tertiary/aromatic N) is 2. The molecule has 0 aliphatic carbocycles. The van der Waals surface area contributed by atoms with Gasteiger partial charge >= 0.3 is 0 Å². The predicted octanol–water partition coefficient (Wildman–Crippen LogP) is 3.04. The van der Waals surface area contributed by atoms with Gasteiger partial charge in [-0.2, -0.15) is 0 Å². The summed E-state index contributed by atoms with van der Waals surface area (Å²) in [5.41, 5.74) is 2.59. The van der Waals surface area contributed by atoms with Gasteiger partial charge in [0.2, 0.25) is 10.0 Å². The molecule has 0 bridgehead atoms. The Morgan fingerprint density at radius 2 is 1.72 bits per heavy atom. The highest BCUT2D eigenvalue weighted by Crippen LogP contribution is 2.31. The SMILES string of the molecule is Cc1cccc(N2CCN(CCCCNS(=O)(=O)c3ccc4c(c3)OCCCO4)CC2)c1. The molecule has 174 valence electrons. The van der Waals surface area contributed by atoms with Crippen LogP contribution in [0.3, 0.4) is 0 Å². The van der Waals surface area contributed by atoms with Crippen LogP contribution in [0.15, 0.2) is 47.4 Å². The van der Waals surface area contributed by atoms with Gasteiger partial charge in [-0.1, -0.05) is 12.1 Å². The van der Waals surface area contributed by atoms with Gasteiger partial charge in [-0.05, 0) is 56.1 Å². The molecule has 0 unspecified atom stereocenters. The third-order valence-corrected chi connectivity index (χ3v) is 7.42. The minimum atomic E-state index is -3.56. The minimum absolute atomic E-state index is 0.217. The number of nitrogens with one attached hydrogen (secondary N) is 1. The first kappa shape index (κ1) is 22.9. The van der Waals surface area contributed by atoms with Gasteiger partial charge < -0.3 is 14.4 Å². The smallest absolute Gasteiger partial charge is 0.240 e. The van der Waals surface area contributed by atoms with Crippen molar-refractivity contribution < 1.29 is 17.9 Å². The molecule has 8 heteroatoms. The van der Waals surface area contributed by atoms with Crippen molar-refractivity contribution in [3.8, 4) is 11.5 Å². The Labute approximate surface area is 191 Å². The molecule has 2 aromatic carbocycles. The second-order valence-corrected chi connectivity index (χ2v) is 10.2. The molecule has 4 rings (SSSR count). The Hall–Kier alpha value is -2.29. The van der Waals surface area contributed by atoms with Crippen LogP contribution in [0.2, 0.25) is 0 Å². The number of rotatable bonds is 8. The van der Waals surface area contributed by atoms with Crippen molar-refractivity contribution in [1.29, 1.82) is 0 Å². The lowest BCUT2D eigenvalue weighted by molar-refractivity contribution is 0.253. The largest absolute Gasteiger partial charge is 0.490 e. The Morgan fingerprint density at radius 1 is 0.938 bits per heavy atom. The van der Waals surface area contributed by atoms with E-state index in [4.69, 9.17) is 9.47 Å². The minimum Gasteiger partial charge on any atom is -0.490 e. The van der Waals surface area contributed by atoms with Crippen LogP contribution in [0, 0.1) is 6.92 Å². The van der Waals surface area contributed by atoms with E-state index in [1.807, 2.05) is 0 Å². The average molecular weight is 460 g/mol.